The summed E-state index contributed by atoms with van der Waals surface area (Å²) >= 11 is 0. The Morgan fingerprint density at radius 2 is 1.49 bits per heavy atom. The molecule has 0 radical (unpaired) electrons. The van der Waals surface area contributed by atoms with Crippen LogP contribution in [-0.4, -0.2) is 95.6 Å². The van der Waals surface area contributed by atoms with E-state index < -0.39 is 0 Å². The SMILES string of the molecule is COc1cc(N2CCN(CCCCCCCCCCCCNC(=O)CC34CC5CC(CC(C5)C3)C4)CC2)ccc1Nc1ncc2c(C)cc(=O)n([C@H]3CCN(C(=O)C4CC4)C3)c2n1. The summed E-state index contributed by atoms with van der Waals surface area (Å²) in [5, 5.41) is 7.49. The van der Waals surface area contributed by atoms with Crippen molar-refractivity contribution in [3.8, 4) is 5.75 Å². The number of nitrogens with zero attached hydrogens (tertiary/aromatic N) is 6. The lowest BCUT2D eigenvalue weighted by atomic mass is 9.49. The largest absolute Gasteiger partial charge is 0.494 e. The van der Waals surface area contributed by atoms with E-state index in [2.05, 4.69) is 37.6 Å². The number of hydrogen-bond donors (Lipinski definition) is 2. The van der Waals surface area contributed by atoms with E-state index in [1.807, 2.05) is 17.9 Å². The van der Waals surface area contributed by atoms with Crippen molar-refractivity contribution in [2.75, 3.05) is 69.7 Å². The molecule has 4 bridgehead atoms. The molecule has 2 N–H and O–H groups in total. The van der Waals surface area contributed by atoms with Gasteiger partial charge in [-0.15, -0.1) is 0 Å². The smallest absolute Gasteiger partial charge is 0.252 e. The van der Waals surface area contributed by atoms with E-state index in [1.54, 1.807) is 23.9 Å². The predicted octanol–water partition coefficient (Wildman–Crippen LogP) is 8.78. The first-order valence-corrected chi connectivity index (χ1v) is 25.1. The second-order valence-corrected chi connectivity index (χ2v) is 20.8. The Bertz CT molecular complexity index is 2090. The lowest BCUT2D eigenvalue weighted by Gasteiger charge is -2.56. The molecule has 2 amide bonds. The maximum atomic E-state index is 13.4. The van der Waals surface area contributed by atoms with Crippen LogP contribution in [0.2, 0.25) is 0 Å². The van der Waals surface area contributed by atoms with E-state index in [0.29, 0.717) is 41.8 Å². The number of nitrogens with one attached hydrogen (secondary N) is 2. The number of piperazine rings is 1. The Kier molecular flexibility index (Phi) is 13.9. The van der Waals surface area contributed by atoms with Gasteiger partial charge in [0.05, 0.1) is 18.8 Å². The van der Waals surface area contributed by atoms with Crippen LogP contribution in [0.15, 0.2) is 35.3 Å². The van der Waals surface area contributed by atoms with Crippen molar-refractivity contribution in [1.82, 2.24) is 29.7 Å². The minimum absolute atomic E-state index is 0.0959. The van der Waals surface area contributed by atoms with E-state index in [-0.39, 0.29) is 23.4 Å². The van der Waals surface area contributed by atoms with Crippen LogP contribution in [0.3, 0.4) is 0 Å². The summed E-state index contributed by atoms with van der Waals surface area (Å²) in [6, 6.07) is 7.79. The van der Waals surface area contributed by atoms with Gasteiger partial charge < -0.3 is 25.2 Å². The van der Waals surface area contributed by atoms with E-state index in [0.717, 1.165) is 105 Å². The highest BCUT2D eigenvalue weighted by molar-refractivity contribution is 5.82. The minimum atomic E-state index is -0.115. The summed E-state index contributed by atoms with van der Waals surface area (Å²) < 4.78 is 7.64. The fourth-order valence-electron chi connectivity index (χ4n) is 12.8. The fraction of sp³-hybridized carbons (Fsp3) is 0.706. The molecule has 1 aromatic carbocycles. The molecule has 2 aromatic heterocycles. The van der Waals surface area contributed by atoms with Crippen LogP contribution in [0.1, 0.15) is 140 Å². The van der Waals surface area contributed by atoms with Crippen LogP contribution in [-0.2, 0) is 9.59 Å². The van der Waals surface area contributed by atoms with Crippen molar-refractivity contribution < 1.29 is 14.3 Å². The summed E-state index contributed by atoms with van der Waals surface area (Å²) in [6.07, 6.45) is 26.5. The monoisotopic (exact) mass is 863 g/mol. The molecule has 0 spiro atoms. The van der Waals surface area contributed by atoms with Crippen molar-refractivity contribution in [3.05, 3.63) is 46.4 Å². The molecule has 12 nitrogen and oxygen atoms in total. The van der Waals surface area contributed by atoms with Gasteiger partial charge in [0.1, 0.15) is 11.4 Å². The van der Waals surface area contributed by atoms with Crippen molar-refractivity contribution >= 4 is 40.2 Å². The third-order valence-corrected chi connectivity index (χ3v) is 15.9. The number of fused-ring (bicyclic) bond motifs is 1. The Hall–Kier alpha value is -4.19. The lowest BCUT2D eigenvalue weighted by molar-refractivity contribution is -0.131. The summed E-state index contributed by atoms with van der Waals surface area (Å²) in [6.45, 7) is 9.27. The van der Waals surface area contributed by atoms with Crippen LogP contribution in [0.25, 0.3) is 11.0 Å². The molecule has 342 valence electrons. The van der Waals surface area contributed by atoms with Gasteiger partial charge in [-0.2, -0.15) is 4.98 Å². The van der Waals surface area contributed by atoms with Crippen LogP contribution in [0.5, 0.6) is 5.75 Å². The number of pyridine rings is 1. The molecule has 2 aliphatic heterocycles. The maximum absolute atomic E-state index is 13.4. The number of benzene rings is 1. The van der Waals surface area contributed by atoms with Crippen molar-refractivity contribution in [2.45, 2.75) is 141 Å². The molecule has 5 aliphatic carbocycles. The highest BCUT2D eigenvalue weighted by Crippen LogP contribution is 2.61. The van der Waals surface area contributed by atoms with Gasteiger partial charge in [0.25, 0.3) is 5.56 Å². The molecule has 7 fully saturated rings. The molecule has 1 atom stereocenters. The number of ether oxygens (including phenoxy) is 1. The number of anilines is 3. The maximum Gasteiger partial charge on any atom is 0.252 e. The van der Waals surface area contributed by atoms with Gasteiger partial charge in [0.15, 0.2) is 0 Å². The van der Waals surface area contributed by atoms with Gasteiger partial charge in [-0.3, -0.25) is 23.9 Å². The number of carbonyl (C=O) groups is 2. The van der Waals surface area contributed by atoms with Crippen molar-refractivity contribution in [2.24, 2.45) is 29.1 Å². The second kappa shape index (κ2) is 19.9. The number of rotatable bonds is 21. The fourth-order valence-corrected chi connectivity index (χ4v) is 12.8. The van der Waals surface area contributed by atoms with Crippen LogP contribution in [0.4, 0.5) is 17.3 Å². The highest BCUT2D eigenvalue weighted by atomic mass is 16.5. The van der Waals surface area contributed by atoms with Gasteiger partial charge in [0, 0.05) is 87.6 Å². The van der Waals surface area contributed by atoms with Gasteiger partial charge in [0.2, 0.25) is 17.8 Å². The zero-order chi connectivity index (χ0) is 43.3. The number of aromatic nitrogens is 3. The third kappa shape index (κ3) is 10.7. The van der Waals surface area contributed by atoms with Gasteiger partial charge in [-0.05, 0) is 125 Å². The van der Waals surface area contributed by atoms with Crippen molar-refractivity contribution in [1.29, 1.82) is 0 Å². The Labute approximate surface area is 375 Å². The zero-order valence-corrected chi connectivity index (χ0v) is 38.4. The first kappa shape index (κ1) is 44.0. The van der Waals surface area contributed by atoms with Gasteiger partial charge in [-0.1, -0.05) is 51.4 Å². The van der Waals surface area contributed by atoms with E-state index in [9.17, 15) is 14.4 Å². The topological polar surface area (TPSA) is 125 Å². The Morgan fingerprint density at radius 1 is 0.825 bits per heavy atom. The standard InChI is InChI=1S/C51H74N8O4/c1-36-25-47(61)59(42-17-20-58(35-42)49(62)40-13-14-40)48-43(36)34-53-50(55-48)54-44-16-15-41(29-45(44)63-2)57-23-21-56(22-24-57)19-12-10-8-6-4-3-5-7-9-11-18-52-46(60)33-51-30-37-26-38(31-51)28-39(27-37)32-51/h15-16,25,29,34,37-40,42H,3-14,17-24,26-28,30-33,35H2,1-2H3,(H,52,60)(H,53,54,55)/t37?,38?,39?,42-,51?/m0/s1. The first-order chi connectivity index (χ1) is 30.7. The van der Waals surface area contributed by atoms with E-state index in [4.69, 9.17) is 9.72 Å². The summed E-state index contributed by atoms with van der Waals surface area (Å²) in [7, 11) is 1.69. The molecule has 5 saturated carbocycles. The van der Waals surface area contributed by atoms with Crippen LogP contribution >= 0.6 is 0 Å². The first-order valence-electron chi connectivity index (χ1n) is 25.1. The third-order valence-electron chi connectivity index (χ3n) is 15.9. The Morgan fingerprint density at radius 3 is 2.16 bits per heavy atom. The molecule has 0 unspecified atom stereocenters. The van der Waals surface area contributed by atoms with E-state index in [1.165, 1.54) is 103 Å². The summed E-state index contributed by atoms with van der Waals surface area (Å²) in [5.41, 5.74) is 3.60. The van der Waals surface area contributed by atoms with Gasteiger partial charge >= 0.3 is 0 Å². The van der Waals surface area contributed by atoms with E-state index >= 15 is 0 Å². The number of unbranched alkanes of at least 4 members (excludes halogenated alkanes) is 9. The summed E-state index contributed by atoms with van der Waals surface area (Å²) in [4.78, 5) is 55.5. The minimum Gasteiger partial charge on any atom is -0.494 e. The normalized spacial score (nSPS) is 25.6. The number of methoxy groups -OCH3 is 1. The van der Waals surface area contributed by atoms with Crippen LogP contribution < -0.4 is 25.8 Å². The molecular weight excluding hydrogens is 789 g/mol. The zero-order valence-electron chi connectivity index (χ0n) is 38.4. The Balaban J connectivity index is 0.643. The molecule has 63 heavy (non-hydrogen) atoms. The molecule has 2 saturated heterocycles. The average molecular weight is 863 g/mol. The average Bonchev–Trinajstić information content (AvgIpc) is 4.01. The predicted molar refractivity (Wildman–Crippen MR) is 251 cm³/mol. The molecule has 12 heteroatoms. The highest BCUT2D eigenvalue weighted by Gasteiger charge is 2.51. The molecular formula is C51H74N8O4. The number of hydrogen-bond acceptors (Lipinski definition) is 9. The quantitative estimate of drug-likeness (QED) is 0.101. The molecule has 10 rings (SSSR count). The van der Waals surface area contributed by atoms with Gasteiger partial charge in [-0.25, -0.2) is 4.98 Å². The van der Waals surface area contributed by atoms with Crippen LogP contribution in [0, 0.1) is 36.0 Å². The number of likely N-dealkylation sites (tertiary alicyclic amines) is 1. The molecule has 3 aromatic rings. The summed E-state index contributed by atoms with van der Waals surface area (Å²) in [5.74, 6) is 4.60. The number of carbonyl (C=O) groups excluding carboxylic acids is 2. The van der Waals surface area contributed by atoms with Crippen molar-refractivity contribution in [3.63, 3.8) is 0 Å². The number of amides is 2. The lowest BCUT2D eigenvalue weighted by Crippen LogP contribution is -2.48. The molecule has 4 heterocycles. The molecule has 7 aliphatic rings. The number of aryl methyl sites for hydroxylation is 1. The second-order valence-electron chi connectivity index (χ2n) is 20.8.